The second-order valence-corrected chi connectivity index (χ2v) is 8.83. The number of piperidine rings is 1. The molecule has 27 heavy (non-hydrogen) atoms. The van der Waals surface area contributed by atoms with Crippen molar-refractivity contribution in [1.82, 2.24) is 4.90 Å². The lowest BCUT2D eigenvalue weighted by molar-refractivity contribution is -0.304. The first-order chi connectivity index (χ1) is 13.1. The van der Waals surface area contributed by atoms with E-state index < -0.39 is 11.2 Å². The summed E-state index contributed by atoms with van der Waals surface area (Å²) in [4.78, 5) is 14.6. The van der Waals surface area contributed by atoms with Gasteiger partial charge in [0.05, 0.1) is 17.0 Å². The van der Waals surface area contributed by atoms with Crippen LogP contribution >= 0.6 is 24.0 Å². The maximum atomic E-state index is 11.4. The molecule has 1 aliphatic heterocycles. The van der Waals surface area contributed by atoms with Crippen molar-refractivity contribution in [3.8, 4) is 0 Å². The average Bonchev–Trinajstić information content (AvgIpc) is 2.69. The molecular weight excluding hydrogens is 374 g/mol. The molecule has 0 N–H and O–H groups in total. The number of thioether (sulfide) groups is 1. The van der Waals surface area contributed by atoms with Crippen LogP contribution in [0.4, 0.5) is 0 Å². The summed E-state index contributed by atoms with van der Waals surface area (Å²) < 4.78 is 0. The molecule has 1 saturated heterocycles. The van der Waals surface area contributed by atoms with Gasteiger partial charge in [0.2, 0.25) is 0 Å². The van der Waals surface area contributed by atoms with Crippen molar-refractivity contribution in [2.45, 2.75) is 49.3 Å². The largest absolute Gasteiger partial charge is 0.549 e. The molecule has 1 heterocycles. The minimum atomic E-state index is -0.976. The van der Waals surface area contributed by atoms with Crippen LogP contribution in [0.25, 0.3) is 0 Å². The highest BCUT2D eigenvalue weighted by Gasteiger charge is 2.34. The number of nitrogens with zero attached hydrogens (tertiary/aromatic N) is 1. The summed E-state index contributed by atoms with van der Waals surface area (Å²) in [5.74, 6) is -0.976. The first-order valence-electron chi connectivity index (χ1n) is 9.33. The zero-order chi connectivity index (χ0) is 19.2. The predicted octanol–water partition coefficient (Wildman–Crippen LogP) is 3.98. The van der Waals surface area contributed by atoms with Crippen molar-refractivity contribution < 1.29 is 9.90 Å². The normalized spacial score (nSPS) is 21.1. The van der Waals surface area contributed by atoms with Crippen LogP contribution in [-0.4, -0.2) is 26.4 Å². The molecule has 3 unspecified atom stereocenters. The van der Waals surface area contributed by atoms with E-state index in [1.807, 2.05) is 43.3 Å². The van der Waals surface area contributed by atoms with E-state index in [2.05, 4.69) is 29.2 Å². The van der Waals surface area contributed by atoms with Crippen molar-refractivity contribution in [3.05, 3.63) is 71.8 Å². The highest BCUT2D eigenvalue weighted by molar-refractivity contribution is 8.01. The number of rotatable bonds is 7. The smallest absolute Gasteiger partial charge is 0.0798 e. The number of carboxylic acids is 1. The van der Waals surface area contributed by atoms with Crippen LogP contribution in [0.3, 0.4) is 0 Å². The van der Waals surface area contributed by atoms with E-state index in [9.17, 15) is 9.90 Å². The number of hydrogen-bond donors (Lipinski definition) is 0. The summed E-state index contributed by atoms with van der Waals surface area (Å²) in [6, 6.07) is 20.9. The van der Waals surface area contributed by atoms with Gasteiger partial charge in [0.25, 0.3) is 0 Å². The molecule has 0 radical (unpaired) electrons. The number of carboxylic acid groups (broad SMARTS) is 1. The van der Waals surface area contributed by atoms with Crippen LogP contribution in [-0.2, 0) is 11.3 Å². The third kappa shape index (κ3) is 5.11. The highest BCUT2D eigenvalue weighted by Crippen LogP contribution is 2.40. The minimum absolute atomic E-state index is 0.157. The number of carbonyl (C=O) groups is 1. The molecule has 142 valence electrons. The SMILES string of the molecule is CCC(SC1CC(=S)N(Cc2ccccc2)C(c2ccccc2)C1)C(=O)[O-]. The lowest BCUT2D eigenvalue weighted by Crippen LogP contribution is -2.42. The molecule has 5 heteroatoms. The van der Waals surface area contributed by atoms with Gasteiger partial charge in [-0.2, -0.15) is 0 Å². The van der Waals surface area contributed by atoms with E-state index in [0.29, 0.717) is 6.42 Å². The molecule has 0 aromatic heterocycles. The second kappa shape index (κ2) is 9.38. The Morgan fingerprint density at radius 3 is 2.41 bits per heavy atom. The van der Waals surface area contributed by atoms with Crippen molar-refractivity contribution in [1.29, 1.82) is 0 Å². The Hall–Kier alpha value is -1.85. The van der Waals surface area contributed by atoms with Gasteiger partial charge in [0.1, 0.15) is 0 Å². The summed E-state index contributed by atoms with van der Waals surface area (Å²) >= 11 is 7.29. The summed E-state index contributed by atoms with van der Waals surface area (Å²) in [7, 11) is 0. The Morgan fingerprint density at radius 1 is 1.19 bits per heavy atom. The molecule has 2 aromatic rings. The van der Waals surface area contributed by atoms with Gasteiger partial charge in [-0.1, -0.05) is 79.8 Å². The minimum Gasteiger partial charge on any atom is -0.549 e. The van der Waals surface area contributed by atoms with Gasteiger partial charge in [-0.25, -0.2) is 0 Å². The first-order valence-corrected chi connectivity index (χ1v) is 10.7. The molecule has 0 aliphatic carbocycles. The van der Waals surface area contributed by atoms with E-state index in [1.54, 1.807) is 0 Å². The van der Waals surface area contributed by atoms with Gasteiger partial charge in [0, 0.05) is 23.5 Å². The third-order valence-corrected chi connectivity index (χ3v) is 6.96. The fourth-order valence-electron chi connectivity index (χ4n) is 3.57. The van der Waals surface area contributed by atoms with E-state index in [4.69, 9.17) is 12.2 Å². The summed E-state index contributed by atoms with van der Waals surface area (Å²) in [6.07, 6.45) is 2.19. The Kier molecular flexibility index (Phi) is 6.91. The molecule has 3 nitrogen and oxygen atoms in total. The van der Waals surface area contributed by atoms with E-state index >= 15 is 0 Å². The third-order valence-electron chi connectivity index (χ3n) is 4.96. The average molecular weight is 399 g/mol. The Labute approximate surface area is 170 Å². The van der Waals surface area contributed by atoms with Crippen molar-refractivity contribution in [2.24, 2.45) is 0 Å². The Bertz CT molecular complexity index is 766. The van der Waals surface area contributed by atoms with Crippen LogP contribution in [0, 0.1) is 0 Å². The number of hydrogen-bond acceptors (Lipinski definition) is 4. The number of benzene rings is 2. The van der Waals surface area contributed by atoms with Gasteiger partial charge in [0.15, 0.2) is 0 Å². The Balaban J connectivity index is 1.83. The molecule has 0 saturated carbocycles. The maximum absolute atomic E-state index is 11.4. The molecular formula is C22H24NO2S2-. The molecule has 1 aliphatic rings. The summed E-state index contributed by atoms with van der Waals surface area (Å²) in [6.45, 7) is 2.67. The number of carbonyl (C=O) groups excluding carboxylic acids is 1. The van der Waals surface area contributed by atoms with Crippen LogP contribution in [0.1, 0.15) is 43.4 Å². The van der Waals surface area contributed by atoms with Crippen molar-refractivity contribution in [3.63, 3.8) is 0 Å². The zero-order valence-electron chi connectivity index (χ0n) is 15.4. The van der Waals surface area contributed by atoms with E-state index in [1.165, 1.54) is 22.9 Å². The van der Waals surface area contributed by atoms with Gasteiger partial charge in [-0.15, -0.1) is 11.8 Å². The fraction of sp³-hybridized carbons (Fsp3) is 0.364. The molecule has 0 spiro atoms. The summed E-state index contributed by atoms with van der Waals surface area (Å²) in [5.41, 5.74) is 2.45. The molecule has 2 aromatic carbocycles. The van der Waals surface area contributed by atoms with E-state index in [-0.39, 0.29) is 11.3 Å². The first kappa shape index (κ1) is 19.9. The number of likely N-dealkylation sites (tertiary alicyclic amines) is 1. The maximum Gasteiger partial charge on any atom is 0.0798 e. The molecule has 3 rings (SSSR count). The Morgan fingerprint density at radius 2 is 1.81 bits per heavy atom. The quantitative estimate of drug-likeness (QED) is 0.660. The lowest BCUT2D eigenvalue weighted by atomic mass is 9.94. The fourth-order valence-corrected chi connectivity index (χ4v) is 5.38. The number of thiocarbonyl (C=S) groups is 1. The van der Waals surface area contributed by atoms with Crippen LogP contribution in [0.5, 0.6) is 0 Å². The molecule has 1 fully saturated rings. The van der Waals surface area contributed by atoms with Gasteiger partial charge < -0.3 is 14.8 Å². The molecule has 0 bridgehead atoms. The van der Waals surface area contributed by atoms with Crippen molar-refractivity contribution >= 4 is 34.9 Å². The van der Waals surface area contributed by atoms with Crippen LogP contribution in [0.15, 0.2) is 60.7 Å². The predicted molar refractivity (Wildman–Crippen MR) is 113 cm³/mol. The van der Waals surface area contributed by atoms with Crippen LogP contribution < -0.4 is 5.11 Å². The van der Waals surface area contributed by atoms with Gasteiger partial charge in [-0.3, -0.25) is 0 Å². The summed E-state index contributed by atoms with van der Waals surface area (Å²) in [5, 5.41) is 11.1. The molecule has 3 atom stereocenters. The van der Waals surface area contributed by atoms with Crippen molar-refractivity contribution in [2.75, 3.05) is 0 Å². The second-order valence-electron chi connectivity index (χ2n) is 6.85. The van der Waals surface area contributed by atoms with Gasteiger partial charge >= 0.3 is 0 Å². The van der Waals surface area contributed by atoms with Gasteiger partial charge in [-0.05, 0) is 24.0 Å². The molecule has 0 amide bonds. The monoisotopic (exact) mass is 398 g/mol. The van der Waals surface area contributed by atoms with Crippen LogP contribution in [0.2, 0.25) is 0 Å². The highest BCUT2D eigenvalue weighted by atomic mass is 32.2. The lowest BCUT2D eigenvalue weighted by Gasteiger charge is -2.42. The zero-order valence-corrected chi connectivity index (χ0v) is 17.0. The number of aliphatic carboxylic acids is 1. The standard InChI is InChI=1S/C22H25NO2S2/c1-2-20(22(24)25)27-18-13-19(17-11-7-4-8-12-17)23(21(26)14-18)15-16-9-5-3-6-10-16/h3-12,18-20H,2,13-15H2,1H3,(H,24,25)/p-1. The topological polar surface area (TPSA) is 43.4 Å². The van der Waals surface area contributed by atoms with E-state index in [0.717, 1.165) is 24.4 Å².